The lowest BCUT2D eigenvalue weighted by molar-refractivity contribution is 0.357. The van der Waals surface area contributed by atoms with Gasteiger partial charge in [0.1, 0.15) is 5.75 Å². The number of halogens is 1. The zero-order valence-corrected chi connectivity index (χ0v) is 17.0. The molecule has 1 aliphatic heterocycles. The Hall–Kier alpha value is -0.980. The van der Waals surface area contributed by atoms with Crippen molar-refractivity contribution < 1.29 is 4.74 Å². The van der Waals surface area contributed by atoms with Crippen LogP contribution in [0, 0.1) is 5.92 Å². The second-order valence-corrected chi connectivity index (χ2v) is 6.56. The van der Waals surface area contributed by atoms with E-state index in [0.717, 1.165) is 56.7 Å². The van der Waals surface area contributed by atoms with Crippen molar-refractivity contribution in [1.29, 1.82) is 0 Å². The van der Waals surface area contributed by atoms with Gasteiger partial charge in [0.25, 0.3) is 0 Å². The third-order valence-corrected chi connectivity index (χ3v) is 4.54. The molecule has 1 aliphatic carbocycles. The Bertz CT molecular complexity index is 543. The molecule has 1 saturated carbocycles. The van der Waals surface area contributed by atoms with E-state index in [1.54, 1.807) is 0 Å². The van der Waals surface area contributed by atoms with E-state index in [1.807, 2.05) is 0 Å². The van der Waals surface area contributed by atoms with Crippen molar-refractivity contribution in [3.8, 4) is 5.75 Å². The number of hydrogen-bond donors (Lipinski definition) is 2. The van der Waals surface area contributed by atoms with E-state index in [-0.39, 0.29) is 24.0 Å². The van der Waals surface area contributed by atoms with Crippen molar-refractivity contribution in [3.05, 3.63) is 29.3 Å². The fraction of sp³-hybridized carbons (Fsp3) is 0.632. The molecule has 0 unspecified atom stereocenters. The quantitative estimate of drug-likeness (QED) is 0.280. The van der Waals surface area contributed by atoms with Crippen LogP contribution >= 0.6 is 24.0 Å². The van der Waals surface area contributed by atoms with Gasteiger partial charge in [-0.3, -0.25) is 4.99 Å². The van der Waals surface area contributed by atoms with E-state index < -0.39 is 0 Å². The van der Waals surface area contributed by atoms with E-state index in [0.29, 0.717) is 0 Å². The SMILES string of the molecule is CCNC(=NCCCC1CC1)NCCc1ccc2c(c1)CCO2.I. The van der Waals surface area contributed by atoms with Crippen LogP contribution in [0.4, 0.5) is 0 Å². The first-order valence-corrected chi connectivity index (χ1v) is 9.12. The number of benzene rings is 1. The van der Waals surface area contributed by atoms with Gasteiger partial charge in [-0.2, -0.15) is 0 Å². The maximum atomic E-state index is 5.56. The molecule has 0 spiro atoms. The molecule has 1 aromatic carbocycles. The zero-order valence-electron chi connectivity index (χ0n) is 14.6. The summed E-state index contributed by atoms with van der Waals surface area (Å²) in [4.78, 5) is 4.68. The van der Waals surface area contributed by atoms with Crippen molar-refractivity contribution in [2.75, 3.05) is 26.2 Å². The van der Waals surface area contributed by atoms with Gasteiger partial charge in [0, 0.05) is 26.1 Å². The van der Waals surface area contributed by atoms with Gasteiger partial charge in [-0.25, -0.2) is 0 Å². The Morgan fingerprint density at radius 2 is 2.17 bits per heavy atom. The maximum Gasteiger partial charge on any atom is 0.191 e. The highest BCUT2D eigenvalue weighted by molar-refractivity contribution is 14.0. The molecule has 24 heavy (non-hydrogen) atoms. The Kier molecular flexibility index (Phi) is 8.15. The Morgan fingerprint density at radius 1 is 1.29 bits per heavy atom. The summed E-state index contributed by atoms with van der Waals surface area (Å²) in [6.45, 7) is 5.69. The molecule has 0 saturated heterocycles. The Balaban J connectivity index is 0.00000208. The van der Waals surface area contributed by atoms with E-state index >= 15 is 0 Å². The van der Waals surface area contributed by atoms with Crippen LogP contribution in [0.5, 0.6) is 5.75 Å². The largest absolute Gasteiger partial charge is 0.493 e. The number of aliphatic imine (C=N–C) groups is 1. The minimum atomic E-state index is 0. The first-order valence-electron chi connectivity index (χ1n) is 9.12. The van der Waals surface area contributed by atoms with Gasteiger partial charge in [-0.15, -0.1) is 24.0 Å². The first kappa shape index (κ1) is 19.3. The second kappa shape index (κ2) is 10.1. The van der Waals surface area contributed by atoms with Gasteiger partial charge in [0.2, 0.25) is 0 Å². The van der Waals surface area contributed by atoms with Gasteiger partial charge in [-0.05, 0) is 49.3 Å². The van der Waals surface area contributed by atoms with Crippen LogP contribution in [0.15, 0.2) is 23.2 Å². The lowest BCUT2D eigenvalue weighted by atomic mass is 10.1. The predicted molar refractivity (Wildman–Crippen MR) is 111 cm³/mol. The van der Waals surface area contributed by atoms with Crippen LogP contribution in [0.25, 0.3) is 0 Å². The Morgan fingerprint density at radius 3 is 2.96 bits per heavy atom. The molecule has 5 heteroatoms. The van der Waals surface area contributed by atoms with Crippen molar-refractivity contribution in [2.45, 2.75) is 45.4 Å². The number of guanidine groups is 1. The molecule has 1 aromatic rings. The topological polar surface area (TPSA) is 45.7 Å². The summed E-state index contributed by atoms with van der Waals surface area (Å²) in [5, 5.41) is 6.78. The summed E-state index contributed by atoms with van der Waals surface area (Å²) >= 11 is 0. The number of ether oxygens (including phenoxy) is 1. The third kappa shape index (κ3) is 6.15. The molecule has 3 rings (SSSR count). The average molecular weight is 443 g/mol. The minimum Gasteiger partial charge on any atom is -0.493 e. The van der Waals surface area contributed by atoms with E-state index in [1.165, 1.54) is 36.8 Å². The smallest absolute Gasteiger partial charge is 0.191 e. The molecule has 0 bridgehead atoms. The molecule has 0 amide bonds. The number of fused-ring (bicyclic) bond motifs is 1. The van der Waals surface area contributed by atoms with Crippen LogP contribution in [-0.4, -0.2) is 32.2 Å². The predicted octanol–water partition coefficient (Wildman–Crippen LogP) is 3.53. The van der Waals surface area contributed by atoms with E-state index in [9.17, 15) is 0 Å². The standard InChI is InChI=1S/C19H29N3O.HI/c1-2-20-19(21-11-3-4-15-5-6-15)22-12-9-16-7-8-18-17(14-16)10-13-23-18;/h7-8,14-15H,2-6,9-13H2,1H3,(H2,20,21,22);1H. The molecule has 2 aliphatic rings. The lowest BCUT2D eigenvalue weighted by Crippen LogP contribution is -2.38. The van der Waals surface area contributed by atoms with Crippen LogP contribution in [0.3, 0.4) is 0 Å². The number of nitrogens with zero attached hydrogens (tertiary/aromatic N) is 1. The molecule has 0 aromatic heterocycles. The number of nitrogens with one attached hydrogen (secondary N) is 2. The summed E-state index contributed by atoms with van der Waals surface area (Å²) in [7, 11) is 0. The third-order valence-electron chi connectivity index (χ3n) is 4.54. The van der Waals surface area contributed by atoms with E-state index in [2.05, 4.69) is 40.7 Å². The van der Waals surface area contributed by atoms with Gasteiger partial charge < -0.3 is 15.4 Å². The number of hydrogen-bond acceptors (Lipinski definition) is 2. The molecule has 0 atom stereocenters. The average Bonchev–Trinajstić information content (AvgIpc) is 3.26. The molecule has 0 radical (unpaired) electrons. The number of rotatable bonds is 8. The maximum absolute atomic E-state index is 5.56. The van der Waals surface area contributed by atoms with E-state index in [4.69, 9.17) is 4.74 Å². The molecule has 1 fully saturated rings. The lowest BCUT2D eigenvalue weighted by Gasteiger charge is -2.11. The van der Waals surface area contributed by atoms with Crippen molar-refractivity contribution in [2.24, 2.45) is 10.9 Å². The van der Waals surface area contributed by atoms with Gasteiger partial charge in [0.05, 0.1) is 6.61 Å². The Labute approximate surface area is 162 Å². The first-order chi connectivity index (χ1) is 11.3. The van der Waals surface area contributed by atoms with Crippen molar-refractivity contribution in [3.63, 3.8) is 0 Å². The molecule has 4 nitrogen and oxygen atoms in total. The van der Waals surface area contributed by atoms with Crippen molar-refractivity contribution >= 4 is 29.9 Å². The summed E-state index contributed by atoms with van der Waals surface area (Å²) < 4.78 is 5.56. The second-order valence-electron chi connectivity index (χ2n) is 6.56. The highest BCUT2D eigenvalue weighted by Crippen LogP contribution is 2.33. The minimum absolute atomic E-state index is 0. The summed E-state index contributed by atoms with van der Waals surface area (Å²) in [6.07, 6.45) is 7.50. The van der Waals surface area contributed by atoms with Gasteiger partial charge in [-0.1, -0.05) is 25.0 Å². The molecule has 2 N–H and O–H groups in total. The summed E-state index contributed by atoms with van der Waals surface area (Å²) in [6, 6.07) is 6.56. The normalized spacial score (nSPS) is 16.1. The summed E-state index contributed by atoms with van der Waals surface area (Å²) in [5.41, 5.74) is 2.72. The molecular formula is C19H30IN3O. The highest BCUT2D eigenvalue weighted by Gasteiger charge is 2.19. The summed E-state index contributed by atoms with van der Waals surface area (Å²) in [5.74, 6) is 3.02. The zero-order chi connectivity index (χ0) is 15.9. The molecular weight excluding hydrogens is 413 g/mol. The monoisotopic (exact) mass is 443 g/mol. The van der Waals surface area contributed by atoms with Crippen LogP contribution in [-0.2, 0) is 12.8 Å². The van der Waals surface area contributed by atoms with Gasteiger partial charge >= 0.3 is 0 Å². The van der Waals surface area contributed by atoms with Gasteiger partial charge in [0.15, 0.2) is 5.96 Å². The van der Waals surface area contributed by atoms with Crippen LogP contribution in [0.1, 0.15) is 43.7 Å². The van der Waals surface area contributed by atoms with Crippen LogP contribution < -0.4 is 15.4 Å². The molecule has 1 heterocycles. The molecule has 134 valence electrons. The van der Waals surface area contributed by atoms with Crippen molar-refractivity contribution in [1.82, 2.24) is 10.6 Å². The highest BCUT2D eigenvalue weighted by atomic mass is 127. The van der Waals surface area contributed by atoms with Crippen LogP contribution in [0.2, 0.25) is 0 Å². The fourth-order valence-corrected chi connectivity index (χ4v) is 3.04. The fourth-order valence-electron chi connectivity index (χ4n) is 3.04.